The van der Waals surface area contributed by atoms with E-state index in [4.69, 9.17) is 0 Å². The molecule has 0 saturated carbocycles. The molecule has 3 amide bonds. The lowest BCUT2D eigenvalue weighted by atomic mass is 10.2. The minimum atomic E-state index is -0.441. The molecule has 0 radical (unpaired) electrons. The van der Waals surface area contributed by atoms with Crippen LogP contribution < -0.4 is 15.5 Å². The Labute approximate surface area is 137 Å². The first kappa shape index (κ1) is 17.2. The van der Waals surface area contributed by atoms with Gasteiger partial charge < -0.3 is 10.2 Å². The summed E-state index contributed by atoms with van der Waals surface area (Å²) in [5.41, 5.74) is 0. The molecule has 2 N–H and O–H groups in total. The van der Waals surface area contributed by atoms with Crippen LogP contribution in [0.5, 0.6) is 0 Å². The van der Waals surface area contributed by atoms with Gasteiger partial charge in [0.05, 0.1) is 6.04 Å². The second-order valence-electron chi connectivity index (χ2n) is 6.00. The molecule has 0 spiro atoms. The first-order valence-corrected chi connectivity index (χ1v) is 7.98. The molecular weight excluding hydrogens is 294 g/mol. The first-order valence-electron chi connectivity index (χ1n) is 7.98. The summed E-state index contributed by atoms with van der Waals surface area (Å²) < 4.78 is 0. The Hall–Kier alpha value is -2.15. The monoisotopic (exact) mass is 319 g/mol. The molecule has 0 aromatic carbocycles. The molecule has 126 valence electrons. The van der Waals surface area contributed by atoms with E-state index in [0.29, 0.717) is 0 Å². The molecule has 1 aliphatic heterocycles. The number of rotatable bonds is 4. The summed E-state index contributed by atoms with van der Waals surface area (Å²) in [5, 5.41) is 5.05. The largest absolute Gasteiger partial charge is 0.354 e. The van der Waals surface area contributed by atoms with E-state index in [1.807, 2.05) is 39.0 Å². The van der Waals surface area contributed by atoms with Gasteiger partial charge in [-0.3, -0.25) is 15.0 Å². The second-order valence-corrected chi connectivity index (χ2v) is 6.00. The van der Waals surface area contributed by atoms with Crippen molar-refractivity contribution in [2.75, 3.05) is 31.1 Å². The van der Waals surface area contributed by atoms with Gasteiger partial charge in [-0.1, -0.05) is 6.07 Å². The van der Waals surface area contributed by atoms with Crippen molar-refractivity contribution in [2.24, 2.45) is 0 Å². The number of amides is 3. The van der Waals surface area contributed by atoms with Crippen molar-refractivity contribution in [1.29, 1.82) is 0 Å². The predicted octanol–water partition coefficient (Wildman–Crippen LogP) is 0.826. The minimum Gasteiger partial charge on any atom is -0.354 e. The summed E-state index contributed by atoms with van der Waals surface area (Å²) in [5.74, 6) is 0.690. The number of aromatic nitrogens is 1. The highest BCUT2D eigenvalue weighted by molar-refractivity contribution is 5.96. The molecule has 0 bridgehead atoms. The lowest BCUT2D eigenvalue weighted by Crippen LogP contribution is -2.56. The van der Waals surface area contributed by atoms with E-state index in [2.05, 4.69) is 25.4 Å². The second kappa shape index (κ2) is 7.92. The molecule has 1 aliphatic rings. The van der Waals surface area contributed by atoms with Crippen LogP contribution in [-0.2, 0) is 4.79 Å². The van der Waals surface area contributed by atoms with E-state index in [9.17, 15) is 9.59 Å². The highest BCUT2D eigenvalue weighted by Crippen LogP contribution is 2.14. The van der Waals surface area contributed by atoms with E-state index in [0.717, 1.165) is 32.0 Å². The van der Waals surface area contributed by atoms with Crippen molar-refractivity contribution in [3.8, 4) is 0 Å². The molecule has 2 rings (SSSR count). The molecule has 1 saturated heterocycles. The van der Waals surface area contributed by atoms with Gasteiger partial charge in [0.25, 0.3) is 0 Å². The van der Waals surface area contributed by atoms with Crippen LogP contribution in [0.15, 0.2) is 24.4 Å². The van der Waals surface area contributed by atoms with Gasteiger partial charge in [-0.05, 0) is 32.9 Å². The Bertz CT molecular complexity index is 527. The summed E-state index contributed by atoms with van der Waals surface area (Å²) in [7, 11) is 0. The van der Waals surface area contributed by atoms with Gasteiger partial charge in [0.15, 0.2) is 0 Å². The fourth-order valence-electron chi connectivity index (χ4n) is 2.56. The van der Waals surface area contributed by atoms with Crippen LogP contribution in [0.4, 0.5) is 10.6 Å². The summed E-state index contributed by atoms with van der Waals surface area (Å²) in [4.78, 5) is 32.4. The van der Waals surface area contributed by atoms with Gasteiger partial charge >= 0.3 is 6.03 Å². The normalized spacial score (nSPS) is 17.0. The topological polar surface area (TPSA) is 77.6 Å². The maximum absolute atomic E-state index is 12.1. The maximum atomic E-state index is 12.1. The molecule has 1 fully saturated rings. The standard InChI is InChI=1S/C16H25N5O2/c1-12(2)18-16(23)19-15(22)13(3)20-8-10-21(11-9-20)14-6-4-5-7-17-14/h4-7,12-13H,8-11H2,1-3H3,(H2,18,19,22,23). The van der Waals surface area contributed by atoms with E-state index < -0.39 is 6.03 Å². The third-order valence-corrected chi connectivity index (χ3v) is 3.87. The summed E-state index contributed by atoms with van der Waals surface area (Å²) in [6.07, 6.45) is 1.78. The minimum absolute atomic E-state index is 0.0000217. The van der Waals surface area contributed by atoms with Gasteiger partial charge in [-0.2, -0.15) is 0 Å². The third-order valence-electron chi connectivity index (χ3n) is 3.87. The molecule has 1 aromatic rings. The van der Waals surface area contributed by atoms with Gasteiger partial charge in [0, 0.05) is 38.4 Å². The van der Waals surface area contributed by atoms with E-state index >= 15 is 0 Å². The van der Waals surface area contributed by atoms with Crippen molar-refractivity contribution in [2.45, 2.75) is 32.9 Å². The van der Waals surface area contributed by atoms with Crippen molar-refractivity contribution in [3.05, 3.63) is 24.4 Å². The zero-order valence-electron chi connectivity index (χ0n) is 14.0. The first-order chi connectivity index (χ1) is 11.0. The Balaban J connectivity index is 1.82. The molecule has 1 aromatic heterocycles. The van der Waals surface area contributed by atoms with E-state index in [1.165, 1.54) is 0 Å². The number of imide groups is 1. The third kappa shape index (κ3) is 4.92. The summed E-state index contributed by atoms with van der Waals surface area (Å²) in [6.45, 7) is 8.68. The van der Waals surface area contributed by atoms with E-state index in [-0.39, 0.29) is 18.0 Å². The van der Waals surface area contributed by atoms with Gasteiger partial charge in [0.2, 0.25) is 5.91 Å². The quantitative estimate of drug-likeness (QED) is 0.859. The maximum Gasteiger partial charge on any atom is 0.321 e. The predicted molar refractivity (Wildman–Crippen MR) is 89.3 cm³/mol. The molecule has 1 atom stereocenters. The Morgan fingerprint density at radius 2 is 1.83 bits per heavy atom. The van der Waals surface area contributed by atoms with E-state index in [1.54, 1.807) is 6.20 Å². The lowest BCUT2D eigenvalue weighted by molar-refractivity contribution is -0.124. The number of pyridine rings is 1. The van der Waals surface area contributed by atoms with Crippen LogP contribution in [-0.4, -0.2) is 60.1 Å². The van der Waals surface area contributed by atoms with Crippen molar-refractivity contribution >= 4 is 17.8 Å². The highest BCUT2D eigenvalue weighted by Gasteiger charge is 2.26. The fraction of sp³-hybridized carbons (Fsp3) is 0.562. The van der Waals surface area contributed by atoms with Gasteiger partial charge in [-0.15, -0.1) is 0 Å². The summed E-state index contributed by atoms with van der Waals surface area (Å²) in [6, 6.07) is 5.08. The Morgan fingerprint density at radius 1 is 1.13 bits per heavy atom. The average molecular weight is 319 g/mol. The Kier molecular flexibility index (Phi) is 5.92. The van der Waals surface area contributed by atoms with Crippen LogP contribution in [0.1, 0.15) is 20.8 Å². The summed E-state index contributed by atoms with van der Waals surface area (Å²) >= 11 is 0. The molecule has 0 aliphatic carbocycles. The Morgan fingerprint density at radius 3 is 2.39 bits per heavy atom. The number of nitrogens with one attached hydrogen (secondary N) is 2. The molecule has 2 heterocycles. The van der Waals surface area contributed by atoms with Crippen molar-refractivity contribution in [1.82, 2.24) is 20.5 Å². The molecule has 7 heteroatoms. The number of hydrogen-bond acceptors (Lipinski definition) is 5. The smallest absolute Gasteiger partial charge is 0.321 e. The van der Waals surface area contributed by atoms with Crippen LogP contribution in [0, 0.1) is 0 Å². The van der Waals surface area contributed by atoms with Crippen molar-refractivity contribution < 1.29 is 9.59 Å². The number of hydrogen-bond donors (Lipinski definition) is 2. The van der Waals surface area contributed by atoms with Crippen LogP contribution in [0.3, 0.4) is 0 Å². The fourth-order valence-corrected chi connectivity index (χ4v) is 2.56. The molecule has 7 nitrogen and oxygen atoms in total. The van der Waals surface area contributed by atoms with Crippen LogP contribution >= 0.6 is 0 Å². The molecule has 1 unspecified atom stereocenters. The number of carbonyl (C=O) groups is 2. The highest BCUT2D eigenvalue weighted by atomic mass is 16.2. The van der Waals surface area contributed by atoms with Gasteiger partial charge in [-0.25, -0.2) is 9.78 Å². The number of nitrogens with zero attached hydrogens (tertiary/aromatic N) is 3. The number of urea groups is 1. The lowest BCUT2D eigenvalue weighted by Gasteiger charge is -2.37. The number of anilines is 1. The zero-order valence-corrected chi connectivity index (χ0v) is 14.0. The van der Waals surface area contributed by atoms with Gasteiger partial charge in [0.1, 0.15) is 5.82 Å². The zero-order chi connectivity index (χ0) is 16.8. The van der Waals surface area contributed by atoms with Crippen LogP contribution in [0.25, 0.3) is 0 Å². The van der Waals surface area contributed by atoms with Crippen molar-refractivity contribution in [3.63, 3.8) is 0 Å². The SMILES string of the molecule is CC(C)NC(=O)NC(=O)C(C)N1CCN(c2ccccn2)CC1. The number of piperazine rings is 1. The number of carbonyl (C=O) groups excluding carboxylic acids is 2. The van der Waals surface area contributed by atoms with Crippen LogP contribution in [0.2, 0.25) is 0 Å². The molecule has 23 heavy (non-hydrogen) atoms. The average Bonchev–Trinajstić information content (AvgIpc) is 2.54. The molecular formula is C16H25N5O2.